The number of Topliss-reactive ketones (excluding diaryl/α,β-unsaturated/α-hetero) is 1. The minimum atomic E-state index is -0.870. The van der Waals surface area contributed by atoms with Gasteiger partial charge in [-0.1, -0.05) is 36.7 Å². The number of nitrogens with two attached hydrogens (primary N) is 1. The smallest absolute Gasteiger partial charge is 0.205 e. The van der Waals surface area contributed by atoms with Crippen LogP contribution in [0.2, 0.25) is 5.02 Å². The van der Waals surface area contributed by atoms with E-state index in [2.05, 4.69) is 6.92 Å². The summed E-state index contributed by atoms with van der Waals surface area (Å²) in [6, 6.07) is 7.64. The Kier molecular flexibility index (Phi) is 4.74. The second-order valence-electron chi connectivity index (χ2n) is 6.42. The Labute approximate surface area is 142 Å². The third kappa shape index (κ3) is 3.02. The molecule has 1 aliphatic heterocycles. The first kappa shape index (κ1) is 16.5. The second kappa shape index (κ2) is 6.62. The number of fused-ring (bicyclic) bond motifs is 2. The van der Waals surface area contributed by atoms with Crippen molar-refractivity contribution in [2.75, 3.05) is 0 Å². The number of hydrogen-bond donors (Lipinski definition) is 1. The third-order valence-electron chi connectivity index (χ3n) is 4.87. The maximum atomic E-state index is 12.9. The zero-order valence-corrected chi connectivity index (χ0v) is 14.2. The Balaban J connectivity index is 1.97. The molecule has 1 aromatic carbocycles. The standard InChI is InChI=1S/C18H23ClN2O2/c1-2-12(20)9-10-16-21-18(13-6-3-4-7-14(13)19)11-5-8-15(23-16)17(18)22/h3-4,6-7,12,15H,2,5,8-11,20H2,1H3/t12?,15-,18-/m1/s1. The lowest BCUT2D eigenvalue weighted by atomic mass is 9.74. The van der Waals surface area contributed by atoms with Crippen LogP contribution < -0.4 is 5.73 Å². The molecule has 124 valence electrons. The number of aliphatic imine (C=N–C) groups is 1. The Morgan fingerprint density at radius 3 is 3.00 bits per heavy atom. The Morgan fingerprint density at radius 2 is 2.26 bits per heavy atom. The van der Waals surface area contributed by atoms with E-state index in [9.17, 15) is 4.79 Å². The van der Waals surface area contributed by atoms with Gasteiger partial charge in [0.05, 0.1) is 0 Å². The highest BCUT2D eigenvalue weighted by molar-refractivity contribution is 6.32. The van der Waals surface area contributed by atoms with Crippen molar-refractivity contribution < 1.29 is 9.53 Å². The molecule has 0 amide bonds. The minimum Gasteiger partial charge on any atom is -0.470 e. The molecule has 2 bridgehead atoms. The monoisotopic (exact) mass is 334 g/mol. The number of benzene rings is 1. The van der Waals surface area contributed by atoms with Crippen molar-refractivity contribution >= 4 is 23.3 Å². The molecule has 4 nitrogen and oxygen atoms in total. The zero-order valence-electron chi connectivity index (χ0n) is 13.4. The van der Waals surface area contributed by atoms with Gasteiger partial charge in [0, 0.05) is 23.0 Å². The minimum absolute atomic E-state index is 0.0420. The van der Waals surface area contributed by atoms with E-state index in [-0.39, 0.29) is 11.8 Å². The van der Waals surface area contributed by atoms with Crippen LogP contribution in [0.3, 0.4) is 0 Å². The Hall–Kier alpha value is -1.39. The predicted octanol–water partition coefficient (Wildman–Crippen LogP) is 3.60. The second-order valence-corrected chi connectivity index (χ2v) is 6.82. The third-order valence-corrected chi connectivity index (χ3v) is 5.20. The van der Waals surface area contributed by atoms with E-state index in [1.807, 2.05) is 24.3 Å². The first-order chi connectivity index (χ1) is 11.1. The molecule has 0 radical (unpaired) electrons. The number of carbonyl (C=O) groups is 1. The number of halogens is 1. The summed E-state index contributed by atoms with van der Waals surface area (Å²) in [4.78, 5) is 17.7. The molecule has 2 N–H and O–H groups in total. The van der Waals surface area contributed by atoms with Crippen molar-refractivity contribution in [3.05, 3.63) is 34.9 Å². The van der Waals surface area contributed by atoms with Crippen LogP contribution in [-0.4, -0.2) is 23.8 Å². The van der Waals surface area contributed by atoms with Crippen LogP contribution in [0.5, 0.6) is 0 Å². The summed E-state index contributed by atoms with van der Waals surface area (Å²) in [5.41, 5.74) is 5.94. The molecule has 0 aromatic heterocycles. The SMILES string of the molecule is CCC(N)CCC1=N[C@@]2(c3ccccc3Cl)CCC[C@@H](O1)C2=O. The highest BCUT2D eigenvalue weighted by Crippen LogP contribution is 2.44. The average Bonchev–Trinajstić information content (AvgIpc) is 2.54. The van der Waals surface area contributed by atoms with Crippen molar-refractivity contribution in [3.63, 3.8) is 0 Å². The zero-order chi connectivity index (χ0) is 16.4. The van der Waals surface area contributed by atoms with Gasteiger partial charge in [-0.3, -0.25) is 4.79 Å². The molecule has 5 heteroatoms. The van der Waals surface area contributed by atoms with Crippen LogP contribution in [0, 0.1) is 0 Å². The Bertz CT molecular complexity index is 631. The normalized spacial score (nSPS) is 28.0. The van der Waals surface area contributed by atoms with Gasteiger partial charge in [-0.25, -0.2) is 4.99 Å². The van der Waals surface area contributed by atoms with E-state index in [4.69, 9.17) is 27.1 Å². The van der Waals surface area contributed by atoms with Gasteiger partial charge in [0.25, 0.3) is 0 Å². The lowest BCUT2D eigenvalue weighted by Gasteiger charge is -2.41. The van der Waals surface area contributed by atoms with E-state index >= 15 is 0 Å². The van der Waals surface area contributed by atoms with Crippen molar-refractivity contribution in [1.29, 1.82) is 0 Å². The molecule has 23 heavy (non-hydrogen) atoms. The summed E-state index contributed by atoms with van der Waals surface area (Å²) in [5.74, 6) is 0.693. The number of nitrogens with zero attached hydrogens (tertiary/aromatic N) is 1. The molecule has 1 aromatic rings. The molecular formula is C18H23ClN2O2. The number of ether oxygens (including phenoxy) is 1. The average molecular weight is 335 g/mol. The maximum absolute atomic E-state index is 12.9. The molecule has 1 aliphatic carbocycles. The van der Waals surface area contributed by atoms with E-state index in [1.165, 1.54) is 0 Å². The highest BCUT2D eigenvalue weighted by atomic mass is 35.5. The van der Waals surface area contributed by atoms with Crippen molar-refractivity contribution in [2.45, 2.75) is 63.1 Å². The topological polar surface area (TPSA) is 64.7 Å². The lowest BCUT2D eigenvalue weighted by Crippen LogP contribution is -2.51. The fraction of sp³-hybridized carbons (Fsp3) is 0.556. The van der Waals surface area contributed by atoms with Gasteiger partial charge < -0.3 is 10.5 Å². The van der Waals surface area contributed by atoms with Gasteiger partial charge in [-0.2, -0.15) is 0 Å². The van der Waals surface area contributed by atoms with Gasteiger partial charge in [-0.15, -0.1) is 0 Å². The van der Waals surface area contributed by atoms with Crippen LogP contribution in [0.15, 0.2) is 29.3 Å². The molecule has 1 heterocycles. The quantitative estimate of drug-likeness (QED) is 0.894. The van der Waals surface area contributed by atoms with Gasteiger partial charge in [0.1, 0.15) is 0 Å². The number of rotatable bonds is 5. The summed E-state index contributed by atoms with van der Waals surface area (Å²) in [7, 11) is 0. The fourth-order valence-corrected chi connectivity index (χ4v) is 3.73. The lowest BCUT2D eigenvalue weighted by molar-refractivity contribution is -0.137. The van der Waals surface area contributed by atoms with Gasteiger partial charge in [0.2, 0.25) is 5.78 Å². The van der Waals surface area contributed by atoms with Crippen molar-refractivity contribution in [1.82, 2.24) is 0 Å². The van der Waals surface area contributed by atoms with Crippen LogP contribution in [0.4, 0.5) is 0 Å². The van der Waals surface area contributed by atoms with E-state index in [0.717, 1.165) is 31.2 Å². The largest absolute Gasteiger partial charge is 0.470 e. The molecule has 1 saturated carbocycles. The van der Waals surface area contributed by atoms with Crippen LogP contribution in [-0.2, 0) is 15.1 Å². The molecule has 3 atom stereocenters. The molecule has 0 saturated heterocycles. The Morgan fingerprint density at radius 1 is 1.48 bits per heavy atom. The fourth-order valence-electron chi connectivity index (χ4n) is 3.44. The van der Waals surface area contributed by atoms with E-state index in [0.29, 0.717) is 23.8 Å². The molecule has 2 aliphatic rings. The van der Waals surface area contributed by atoms with Gasteiger partial charge in [-0.05, 0) is 38.2 Å². The maximum Gasteiger partial charge on any atom is 0.205 e. The predicted molar refractivity (Wildman–Crippen MR) is 91.8 cm³/mol. The molecule has 3 rings (SSSR count). The summed E-state index contributed by atoms with van der Waals surface area (Å²) in [6.07, 6.45) is 4.37. The molecule has 0 spiro atoms. The van der Waals surface area contributed by atoms with Crippen LogP contribution in [0.1, 0.15) is 51.0 Å². The summed E-state index contributed by atoms with van der Waals surface area (Å²) in [6.45, 7) is 2.07. The first-order valence-corrected chi connectivity index (χ1v) is 8.75. The van der Waals surface area contributed by atoms with Crippen molar-refractivity contribution in [3.8, 4) is 0 Å². The van der Waals surface area contributed by atoms with Crippen LogP contribution in [0.25, 0.3) is 0 Å². The number of hydrogen-bond acceptors (Lipinski definition) is 4. The molecular weight excluding hydrogens is 312 g/mol. The van der Waals surface area contributed by atoms with Gasteiger partial charge in [0.15, 0.2) is 17.5 Å². The van der Waals surface area contributed by atoms with E-state index in [1.54, 1.807) is 0 Å². The molecule has 1 unspecified atom stereocenters. The van der Waals surface area contributed by atoms with Crippen LogP contribution >= 0.6 is 11.6 Å². The highest BCUT2D eigenvalue weighted by Gasteiger charge is 2.51. The van der Waals surface area contributed by atoms with E-state index < -0.39 is 11.6 Å². The summed E-state index contributed by atoms with van der Waals surface area (Å²) >= 11 is 6.38. The summed E-state index contributed by atoms with van der Waals surface area (Å²) < 4.78 is 5.85. The van der Waals surface area contributed by atoms with Gasteiger partial charge >= 0.3 is 0 Å². The van der Waals surface area contributed by atoms with Crippen molar-refractivity contribution in [2.24, 2.45) is 10.7 Å². The first-order valence-electron chi connectivity index (χ1n) is 8.37. The number of carbonyl (C=O) groups excluding carboxylic acids is 1. The number of ketones is 1. The summed E-state index contributed by atoms with van der Waals surface area (Å²) in [5, 5.41) is 0.594. The molecule has 1 fully saturated rings.